The van der Waals surface area contributed by atoms with E-state index in [-0.39, 0.29) is 47.1 Å². The Labute approximate surface area is 374 Å². The van der Waals surface area contributed by atoms with Gasteiger partial charge in [0.25, 0.3) is 5.91 Å². The van der Waals surface area contributed by atoms with Crippen LogP contribution in [-0.4, -0.2) is 91.8 Å². The van der Waals surface area contributed by atoms with Gasteiger partial charge in [0.05, 0.1) is 12.2 Å². The summed E-state index contributed by atoms with van der Waals surface area (Å²) in [5.74, 6) is -0.252. The SMILES string of the molecule is C[C@H]1Oc2cc(cnc2N)-c2c(C#N)nn(CCCCCCN3C[C@H](NC(=O)[C@H](CCCc4cccnc4N)NC(=O)OC(C)(C)C)C(C)(C)C3)c2CN(C)C(=O)c2ccc(F)cc21. The van der Waals surface area contributed by atoms with Crippen LogP contribution >= 0.6 is 0 Å². The zero-order chi connectivity index (χ0) is 46.3. The minimum Gasteiger partial charge on any atom is -0.482 e. The number of pyridine rings is 2. The van der Waals surface area contributed by atoms with Crippen LogP contribution in [0.2, 0.25) is 0 Å². The van der Waals surface area contributed by atoms with E-state index in [0.29, 0.717) is 66.1 Å². The van der Waals surface area contributed by atoms with E-state index in [9.17, 15) is 24.0 Å². The highest BCUT2D eigenvalue weighted by Crippen LogP contribution is 2.37. The Morgan fingerprint density at radius 1 is 1.08 bits per heavy atom. The van der Waals surface area contributed by atoms with Gasteiger partial charge in [-0.2, -0.15) is 10.4 Å². The molecule has 1 saturated heterocycles. The number of fused-ring (bicyclic) bond motifs is 5. The number of unbranched alkanes of at least 4 members (excludes halogenated alkanes) is 3. The van der Waals surface area contributed by atoms with Crippen molar-refractivity contribution in [1.82, 2.24) is 40.2 Å². The number of anilines is 2. The molecule has 0 saturated carbocycles. The van der Waals surface area contributed by atoms with Gasteiger partial charge >= 0.3 is 6.09 Å². The van der Waals surface area contributed by atoms with E-state index in [1.165, 1.54) is 18.2 Å². The lowest BCUT2D eigenvalue weighted by Gasteiger charge is -2.29. The normalized spacial score (nSPS) is 17.8. The first-order valence-corrected chi connectivity index (χ1v) is 22.0. The average molecular weight is 880 g/mol. The van der Waals surface area contributed by atoms with Crippen LogP contribution in [0.25, 0.3) is 11.1 Å². The smallest absolute Gasteiger partial charge is 0.408 e. The summed E-state index contributed by atoms with van der Waals surface area (Å²) in [6, 6.07) is 10.8. The predicted octanol–water partition coefficient (Wildman–Crippen LogP) is 6.54. The Morgan fingerprint density at radius 2 is 1.83 bits per heavy atom. The fourth-order valence-electron chi connectivity index (χ4n) is 8.50. The van der Waals surface area contributed by atoms with Crippen LogP contribution in [0, 0.1) is 22.6 Å². The number of hydrogen-bond donors (Lipinski definition) is 4. The molecule has 4 aromatic rings. The lowest BCUT2D eigenvalue weighted by atomic mass is 9.87. The predicted molar refractivity (Wildman–Crippen MR) is 241 cm³/mol. The number of alkyl carbamates (subject to hydrolysis) is 1. The number of benzene rings is 1. The Balaban J connectivity index is 1.06. The fraction of sp³-hybridized carbons (Fsp3) is 0.511. The maximum absolute atomic E-state index is 14.5. The second-order valence-corrected chi connectivity index (χ2v) is 18.6. The van der Waals surface area contributed by atoms with E-state index in [4.69, 9.17) is 26.0 Å². The van der Waals surface area contributed by atoms with Crippen LogP contribution in [0.5, 0.6) is 5.75 Å². The maximum Gasteiger partial charge on any atom is 0.408 e. The molecule has 342 valence electrons. The lowest BCUT2D eigenvalue weighted by molar-refractivity contribution is -0.124. The zero-order valence-corrected chi connectivity index (χ0v) is 38.0. The number of carbonyl (C=O) groups is 3. The quantitative estimate of drug-likeness (QED) is 0.0992. The van der Waals surface area contributed by atoms with E-state index in [1.54, 1.807) is 62.8 Å². The topological polar surface area (TPSA) is 220 Å². The molecule has 1 fully saturated rings. The van der Waals surface area contributed by atoms with Gasteiger partial charge in [0.15, 0.2) is 17.3 Å². The van der Waals surface area contributed by atoms with E-state index in [1.807, 2.05) is 12.1 Å². The van der Waals surface area contributed by atoms with Crippen molar-refractivity contribution in [2.24, 2.45) is 5.41 Å². The molecular formula is C47H62FN11O5. The Morgan fingerprint density at radius 3 is 2.55 bits per heavy atom. The molecule has 6 rings (SSSR count). The van der Waals surface area contributed by atoms with Crippen LogP contribution in [-0.2, 0) is 29.0 Å². The first kappa shape index (κ1) is 47.2. The summed E-state index contributed by atoms with van der Waals surface area (Å²) < 4.78 is 28.0. The van der Waals surface area contributed by atoms with Crippen molar-refractivity contribution in [3.63, 3.8) is 0 Å². The number of halogens is 1. The van der Waals surface area contributed by atoms with Gasteiger partial charge in [-0.1, -0.05) is 32.8 Å². The summed E-state index contributed by atoms with van der Waals surface area (Å²) in [4.78, 5) is 53.0. The van der Waals surface area contributed by atoms with E-state index in [2.05, 4.69) is 45.4 Å². The number of likely N-dealkylation sites (tertiary alicyclic amines) is 1. The van der Waals surface area contributed by atoms with Crippen molar-refractivity contribution in [3.8, 4) is 22.9 Å². The number of aryl methyl sites for hydroxylation is 2. The largest absolute Gasteiger partial charge is 0.482 e. The Hall–Kier alpha value is -6.28. The third-order valence-electron chi connectivity index (χ3n) is 11.9. The number of nitrogens with one attached hydrogen (secondary N) is 2. The van der Waals surface area contributed by atoms with Gasteiger partial charge in [-0.25, -0.2) is 19.2 Å². The zero-order valence-electron chi connectivity index (χ0n) is 38.0. The van der Waals surface area contributed by atoms with Gasteiger partial charge in [-0.3, -0.25) is 14.3 Å². The molecule has 0 unspecified atom stereocenters. The first-order valence-electron chi connectivity index (χ1n) is 22.0. The van der Waals surface area contributed by atoms with Gasteiger partial charge in [0.2, 0.25) is 5.91 Å². The molecular weight excluding hydrogens is 818 g/mol. The molecule has 0 aliphatic carbocycles. The van der Waals surface area contributed by atoms with Gasteiger partial charge in [-0.15, -0.1) is 0 Å². The number of nitriles is 1. The molecule has 6 N–H and O–H groups in total. The monoisotopic (exact) mass is 879 g/mol. The van der Waals surface area contributed by atoms with Crippen molar-refractivity contribution >= 4 is 29.5 Å². The summed E-state index contributed by atoms with van der Waals surface area (Å²) in [6.07, 6.45) is 7.00. The molecule has 3 aromatic heterocycles. The minimum absolute atomic E-state index is 0.121. The number of ether oxygens (including phenoxy) is 2. The number of rotatable bonds is 14. The van der Waals surface area contributed by atoms with Crippen molar-refractivity contribution in [2.45, 2.75) is 123 Å². The third kappa shape index (κ3) is 11.6. The second kappa shape index (κ2) is 20.0. The molecule has 2 aliphatic heterocycles. The number of nitrogens with zero attached hydrogens (tertiary/aromatic N) is 7. The van der Waals surface area contributed by atoms with Crippen LogP contribution in [0.3, 0.4) is 0 Å². The summed E-state index contributed by atoms with van der Waals surface area (Å²) in [5, 5.41) is 21.0. The average Bonchev–Trinajstić information content (AvgIpc) is 3.72. The fourth-order valence-corrected chi connectivity index (χ4v) is 8.50. The van der Waals surface area contributed by atoms with Gasteiger partial charge < -0.3 is 41.4 Å². The number of carbonyl (C=O) groups excluding carboxylic acids is 3. The molecule has 2 aliphatic rings. The van der Waals surface area contributed by atoms with Crippen LogP contribution in [0.1, 0.15) is 119 Å². The lowest BCUT2D eigenvalue weighted by Crippen LogP contribution is -2.53. The van der Waals surface area contributed by atoms with Gasteiger partial charge in [0.1, 0.15) is 35.5 Å². The minimum atomic E-state index is -0.791. The second-order valence-electron chi connectivity index (χ2n) is 18.6. The summed E-state index contributed by atoms with van der Waals surface area (Å²) in [5.41, 5.74) is 14.9. The molecule has 3 atom stereocenters. The Kier molecular flexibility index (Phi) is 14.8. The molecule has 3 amide bonds. The van der Waals surface area contributed by atoms with Gasteiger partial charge in [0, 0.05) is 67.4 Å². The van der Waals surface area contributed by atoms with Crippen molar-refractivity contribution in [3.05, 3.63) is 82.7 Å². The molecule has 2 bridgehead atoms. The Bertz CT molecular complexity index is 2370. The van der Waals surface area contributed by atoms with Crippen molar-refractivity contribution in [1.29, 1.82) is 5.26 Å². The molecule has 16 nitrogen and oxygen atoms in total. The number of hydrogen-bond acceptors (Lipinski definition) is 12. The summed E-state index contributed by atoms with van der Waals surface area (Å²) in [6.45, 7) is 14.3. The van der Waals surface area contributed by atoms with Crippen molar-refractivity contribution < 1.29 is 28.2 Å². The van der Waals surface area contributed by atoms with Crippen LogP contribution < -0.4 is 26.8 Å². The standard InChI is InChI=1S/C47H62FN11O5/c1-29-34-23-32(48)17-18-33(34)44(61)57(7)26-37-40(31-22-38(63-29)42(51)53-25-31)36(24-49)56-59(37)21-11-9-8-10-20-58-27-39(47(5,6)28-58)55-43(60)35(54-45(62)64-46(2,3)4)16-12-14-30-15-13-19-52-41(30)50/h13,15,17-19,22-23,25,29,35,39H,8-12,14,16,20-21,26-28H2,1-7H3,(H2,50,52)(H2,51,53)(H,54,62)(H,55,60)/t29-,35+,39+/m1/s1. The van der Waals surface area contributed by atoms with Crippen LogP contribution in [0.4, 0.5) is 20.8 Å². The highest BCUT2D eigenvalue weighted by atomic mass is 19.1. The number of nitrogen functional groups attached to an aromatic ring is 2. The van der Waals surface area contributed by atoms with Crippen LogP contribution in [0.15, 0.2) is 48.8 Å². The van der Waals surface area contributed by atoms with E-state index >= 15 is 0 Å². The van der Waals surface area contributed by atoms with E-state index in [0.717, 1.165) is 44.3 Å². The molecule has 5 heterocycles. The number of aromatic nitrogens is 4. The first-order chi connectivity index (χ1) is 30.3. The molecule has 1 aromatic carbocycles. The number of nitrogens with two attached hydrogens (primary N) is 2. The highest BCUT2D eigenvalue weighted by molar-refractivity contribution is 5.96. The van der Waals surface area contributed by atoms with Gasteiger partial charge in [-0.05, 0) is 108 Å². The molecule has 17 heteroatoms. The third-order valence-corrected chi connectivity index (χ3v) is 11.9. The molecule has 0 radical (unpaired) electrons. The summed E-state index contributed by atoms with van der Waals surface area (Å²) in [7, 11) is 1.67. The molecule has 0 spiro atoms. The van der Waals surface area contributed by atoms with E-state index < -0.39 is 29.7 Å². The maximum atomic E-state index is 14.5. The number of amides is 3. The highest BCUT2D eigenvalue weighted by Gasteiger charge is 2.41. The van der Waals surface area contributed by atoms with Crippen molar-refractivity contribution in [2.75, 3.05) is 38.1 Å². The molecule has 64 heavy (non-hydrogen) atoms. The summed E-state index contributed by atoms with van der Waals surface area (Å²) >= 11 is 0.